The van der Waals surface area contributed by atoms with Gasteiger partial charge in [-0.25, -0.2) is 0 Å². The van der Waals surface area contributed by atoms with Crippen LogP contribution >= 0.6 is 0 Å². The van der Waals surface area contributed by atoms with Crippen LogP contribution in [0.1, 0.15) is 52.9 Å². The molecule has 1 saturated carbocycles. The molecule has 2 unspecified atom stereocenters. The molecule has 0 bridgehead atoms. The topological polar surface area (TPSA) is 50.4 Å². The fourth-order valence-electron chi connectivity index (χ4n) is 2.58. The quantitative estimate of drug-likeness (QED) is 0.745. The monoisotopic (exact) mass is 270 g/mol. The van der Waals surface area contributed by atoms with Gasteiger partial charge in [0.2, 0.25) is 5.91 Å². The molecule has 4 heteroatoms. The van der Waals surface area contributed by atoms with Gasteiger partial charge in [-0.3, -0.25) is 4.79 Å². The van der Waals surface area contributed by atoms with E-state index in [1.54, 1.807) is 7.11 Å². The summed E-state index contributed by atoms with van der Waals surface area (Å²) in [5, 5.41) is 6.53. The molecule has 112 valence electrons. The zero-order valence-electron chi connectivity index (χ0n) is 12.9. The summed E-state index contributed by atoms with van der Waals surface area (Å²) in [4.78, 5) is 12.2. The van der Waals surface area contributed by atoms with Crippen LogP contribution in [0.2, 0.25) is 0 Å². The molecule has 0 heterocycles. The third-order valence-electron chi connectivity index (χ3n) is 3.96. The van der Waals surface area contributed by atoms with E-state index in [2.05, 4.69) is 24.5 Å². The van der Waals surface area contributed by atoms with E-state index in [4.69, 9.17) is 4.74 Å². The summed E-state index contributed by atoms with van der Waals surface area (Å²) in [6.07, 6.45) is 6.05. The minimum absolute atomic E-state index is 0.119. The SMILES string of the molecule is COCC(NC(C)C(=O)NC1CCCCC1)C(C)C. The molecule has 0 saturated heterocycles. The Kier molecular flexibility index (Phi) is 7.39. The van der Waals surface area contributed by atoms with E-state index in [9.17, 15) is 4.79 Å². The first kappa shape index (κ1) is 16.4. The van der Waals surface area contributed by atoms with Crippen molar-refractivity contribution in [2.75, 3.05) is 13.7 Å². The van der Waals surface area contributed by atoms with Crippen molar-refractivity contribution >= 4 is 5.91 Å². The summed E-state index contributed by atoms with van der Waals surface area (Å²) in [6.45, 7) is 6.85. The standard InChI is InChI=1S/C15H30N2O2/c1-11(2)14(10-19-4)16-12(3)15(18)17-13-8-6-5-7-9-13/h11-14,16H,5-10H2,1-4H3,(H,17,18). The summed E-state index contributed by atoms with van der Waals surface area (Å²) in [5.41, 5.74) is 0. The number of rotatable bonds is 7. The fourth-order valence-corrected chi connectivity index (χ4v) is 2.58. The van der Waals surface area contributed by atoms with Crippen molar-refractivity contribution in [3.63, 3.8) is 0 Å². The van der Waals surface area contributed by atoms with Crippen LogP contribution in [0.25, 0.3) is 0 Å². The smallest absolute Gasteiger partial charge is 0.237 e. The molecule has 1 aliphatic carbocycles. The van der Waals surface area contributed by atoms with E-state index in [1.165, 1.54) is 19.3 Å². The number of nitrogens with one attached hydrogen (secondary N) is 2. The molecular weight excluding hydrogens is 240 g/mol. The van der Waals surface area contributed by atoms with Crippen molar-refractivity contribution in [3.8, 4) is 0 Å². The first-order valence-corrected chi connectivity index (χ1v) is 7.60. The number of amides is 1. The zero-order valence-corrected chi connectivity index (χ0v) is 12.9. The number of carbonyl (C=O) groups excluding carboxylic acids is 1. The fraction of sp³-hybridized carbons (Fsp3) is 0.933. The summed E-state index contributed by atoms with van der Waals surface area (Å²) >= 11 is 0. The van der Waals surface area contributed by atoms with Crippen molar-refractivity contribution in [2.45, 2.75) is 71.0 Å². The van der Waals surface area contributed by atoms with Crippen molar-refractivity contribution < 1.29 is 9.53 Å². The van der Waals surface area contributed by atoms with Crippen LogP contribution in [0.3, 0.4) is 0 Å². The van der Waals surface area contributed by atoms with Crippen molar-refractivity contribution in [3.05, 3.63) is 0 Å². The summed E-state index contributed by atoms with van der Waals surface area (Å²) in [6, 6.07) is 0.437. The third-order valence-corrected chi connectivity index (χ3v) is 3.96. The van der Waals surface area contributed by atoms with Gasteiger partial charge in [0.05, 0.1) is 12.6 Å². The molecule has 2 N–H and O–H groups in total. The first-order valence-electron chi connectivity index (χ1n) is 7.60. The van der Waals surface area contributed by atoms with Crippen molar-refractivity contribution in [1.82, 2.24) is 10.6 Å². The molecule has 0 radical (unpaired) electrons. The molecule has 0 spiro atoms. The second-order valence-electron chi connectivity index (χ2n) is 6.04. The van der Waals surface area contributed by atoms with Crippen molar-refractivity contribution in [1.29, 1.82) is 0 Å². The van der Waals surface area contributed by atoms with E-state index in [0.717, 1.165) is 12.8 Å². The van der Waals surface area contributed by atoms with Gasteiger partial charge in [-0.2, -0.15) is 0 Å². The van der Waals surface area contributed by atoms with Crippen LogP contribution < -0.4 is 10.6 Å². The molecular formula is C15H30N2O2. The zero-order chi connectivity index (χ0) is 14.3. The Bertz CT molecular complexity index is 263. The number of carbonyl (C=O) groups is 1. The minimum atomic E-state index is -0.163. The minimum Gasteiger partial charge on any atom is -0.383 e. The second-order valence-corrected chi connectivity index (χ2v) is 6.04. The molecule has 4 nitrogen and oxygen atoms in total. The summed E-state index contributed by atoms with van der Waals surface area (Å²) < 4.78 is 5.20. The molecule has 1 aliphatic rings. The molecule has 0 aromatic carbocycles. The predicted molar refractivity (Wildman–Crippen MR) is 78.1 cm³/mol. The van der Waals surface area contributed by atoms with E-state index < -0.39 is 0 Å². The third kappa shape index (κ3) is 5.91. The highest BCUT2D eigenvalue weighted by atomic mass is 16.5. The van der Waals surface area contributed by atoms with Gasteiger partial charge in [0.25, 0.3) is 0 Å². The predicted octanol–water partition coefficient (Wildman–Crippen LogP) is 2.08. The largest absolute Gasteiger partial charge is 0.383 e. The lowest BCUT2D eigenvalue weighted by atomic mass is 9.95. The van der Waals surface area contributed by atoms with Gasteiger partial charge in [-0.1, -0.05) is 33.1 Å². The Morgan fingerprint density at radius 3 is 2.37 bits per heavy atom. The Labute approximate surface area is 117 Å². The van der Waals surface area contributed by atoms with Gasteiger partial charge in [0.15, 0.2) is 0 Å². The molecule has 1 fully saturated rings. The molecule has 1 amide bonds. The normalized spacial score (nSPS) is 20.3. The molecule has 0 aliphatic heterocycles. The molecule has 0 aromatic rings. The maximum Gasteiger partial charge on any atom is 0.237 e. The first-order chi connectivity index (χ1) is 9.04. The number of methoxy groups -OCH3 is 1. The average Bonchev–Trinajstić information content (AvgIpc) is 2.39. The van der Waals surface area contributed by atoms with Crippen LogP contribution in [-0.2, 0) is 9.53 Å². The van der Waals surface area contributed by atoms with Gasteiger partial charge in [-0.15, -0.1) is 0 Å². The van der Waals surface area contributed by atoms with Gasteiger partial charge in [-0.05, 0) is 25.7 Å². The summed E-state index contributed by atoms with van der Waals surface area (Å²) in [7, 11) is 1.70. The second kappa shape index (κ2) is 8.54. The lowest BCUT2D eigenvalue weighted by molar-refractivity contribution is -0.124. The van der Waals surface area contributed by atoms with Crippen molar-refractivity contribution in [2.24, 2.45) is 5.92 Å². The van der Waals surface area contributed by atoms with Crippen LogP contribution in [0.5, 0.6) is 0 Å². The van der Waals surface area contributed by atoms with E-state index in [1.807, 2.05) is 6.92 Å². The molecule has 19 heavy (non-hydrogen) atoms. The molecule has 0 aromatic heterocycles. The van der Waals surface area contributed by atoms with Gasteiger partial charge in [0.1, 0.15) is 0 Å². The highest BCUT2D eigenvalue weighted by Crippen LogP contribution is 2.17. The van der Waals surface area contributed by atoms with Gasteiger partial charge in [0, 0.05) is 19.2 Å². The highest BCUT2D eigenvalue weighted by molar-refractivity contribution is 5.81. The molecule has 1 rings (SSSR count). The molecule has 2 atom stereocenters. The van der Waals surface area contributed by atoms with E-state index in [0.29, 0.717) is 18.6 Å². The van der Waals surface area contributed by atoms with Crippen LogP contribution in [0, 0.1) is 5.92 Å². The van der Waals surface area contributed by atoms with Crippen LogP contribution in [-0.4, -0.2) is 37.7 Å². The Morgan fingerprint density at radius 2 is 1.84 bits per heavy atom. The number of hydrogen-bond donors (Lipinski definition) is 2. The Morgan fingerprint density at radius 1 is 1.21 bits per heavy atom. The lowest BCUT2D eigenvalue weighted by Crippen LogP contribution is -2.52. The summed E-state index contributed by atoms with van der Waals surface area (Å²) in [5.74, 6) is 0.568. The maximum absolute atomic E-state index is 12.2. The Balaban J connectivity index is 2.37. The number of hydrogen-bond acceptors (Lipinski definition) is 3. The Hall–Kier alpha value is -0.610. The van der Waals surface area contributed by atoms with Gasteiger partial charge < -0.3 is 15.4 Å². The van der Waals surface area contributed by atoms with Gasteiger partial charge >= 0.3 is 0 Å². The lowest BCUT2D eigenvalue weighted by Gasteiger charge is -2.28. The number of ether oxygens (including phenoxy) is 1. The van der Waals surface area contributed by atoms with Crippen LogP contribution in [0.4, 0.5) is 0 Å². The van der Waals surface area contributed by atoms with Crippen LogP contribution in [0.15, 0.2) is 0 Å². The average molecular weight is 270 g/mol. The highest BCUT2D eigenvalue weighted by Gasteiger charge is 2.22. The van der Waals surface area contributed by atoms with E-state index in [-0.39, 0.29) is 18.0 Å². The maximum atomic E-state index is 12.2. The van der Waals surface area contributed by atoms with E-state index >= 15 is 0 Å².